The fraction of sp³-hybridized carbons (Fsp3) is 0.462. The van der Waals surface area contributed by atoms with Gasteiger partial charge in [0.2, 0.25) is 0 Å². The molecule has 0 saturated carbocycles. The van der Waals surface area contributed by atoms with E-state index in [0.29, 0.717) is 6.54 Å². The number of aryl methyl sites for hydroxylation is 2. The van der Waals surface area contributed by atoms with Gasteiger partial charge in [-0.25, -0.2) is 4.98 Å². The minimum Gasteiger partial charge on any atom is -0.464 e. The molecule has 2 rings (SSSR count). The molecule has 5 heteroatoms. The van der Waals surface area contributed by atoms with Gasteiger partial charge in [-0.05, 0) is 25.5 Å². The second-order valence-electron chi connectivity index (χ2n) is 4.25. The van der Waals surface area contributed by atoms with Gasteiger partial charge in [0, 0.05) is 7.05 Å². The molecular formula is C13H18N2O2S. The van der Waals surface area contributed by atoms with Crippen LogP contribution in [0.25, 0.3) is 0 Å². The van der Waals surface area contributed by atoms with Gasteiger partial charge in [-0.3, -0.25) is 0 Å². The highest BCUT2D eigenvalue weighted by Gasteiger charge is 2.13. The Bertz CT molecular complexity index is 497. The Morgan fingerprint density at radius 2 is 2.22 bits per heavy atom. The Morgan fingerprint density at radius 1 is 1.44 bits per heavy atom. The maximum atomic E-state index is 9.27. The van der Waals surface area contributed by atoms with Crippen molar-refractivity contribution in [3.05, 3.63) is 34.2 Å². The molecule has 98 valence electrons. The largest absolute Gasteiger partial charge is 0.464 e. The Balaban J connectivity index is 2.13. The zero-order chi connectivity index (χ0) is 13.1. The van der Waals surface area contributed by atoms with Crippen molar-refractivity contribution >= 4 is 16.5 Å². The number of hydrogen-bond acceptors (Lipinski definition) is 5. The number of anilines is 1. The molecule has 2 aromatic rings. The minimum atomic E-state index is 0.0640. The molecule has 0 aliphatic heterocycles. The van der Waals surface area contributed by atoms with Crippen LogP contribution >= 0.6 is 11.3 Å². The first-order chi connectivity index (χ1) is 8.63. The summed E-state index contributed by atoms with van der Waals surface area (Å²) in [5, 5.41) is 10.2. The molecule has 0 fully saturated rings. The summed E-state index contributed by atoms with van der Waals surface area (Å²) in [6.45, 7) is 4.74. The third-order valence-corrected chi connectivity index (χ3v) is 3.96. The molecule has 0 aliphatic rings. The molecule has 0 radical (unpaired) electrons. The SMILES string of the molecule is CCc1nc(N(C)Cc2ccc(C)o2)sc1CO. The Labute approximate surface area is 111 Å². The maximum Gasteiger partial charge on any atom is 0.186 e. The summed E-state index contributed by atoms with van der Waals surface area (Å²) in [4.78, 5) is 7.54. The van der Waals surface area contributed by atoms with Crippen LogP contribution in [0.2, 0.25) is 0 Å². The van der Waals surface area contributed by atoms with Crippen LogP contribution in [0.15, 0.2) is 16.5 Å². The summed E-state index contributed by atoms with van der Waals surface area (Å²) in [5.41, 5.74) is 0.986. The predicted octanol–water partition coefficient (Wildman–Crippen LogP) is 2.74. The van der Waals surface area contributed by atoms with Crippen LogP contribution in [0, 0.1) is 6.92 Å². The lowest BCUT2D eigenvalue weighted by atomic mass is 10.3. The first kappa shape index (κ1) is 13.1. The summed E-state index contributed by atoms with van der Waals surface area (Å²) in [6, 6.07) is 3.94. The summed E-state index contributed by atoms with van der Waals surface area (Å²) < 4.78 is 5.55. The van der Waals surface area contributed by atoms with Gasteiger partial charge < -0.3 is 14.4 Å². The van der Waals surface area contributed by atoms with Crippen molar-refractivity contribution in [1.82, 2.24) is 4.98 Å². The van der Waals surface area contributed by atoms with Crippen LogP contribution in [0.5, 0.6) is 0 Å². The van der Waals surface area contributed by atoms with Crippen LogP contribution in [0.1, 0.15) is 29.0 Å². The third kappa shape index (κ3) is 2.73. The Morgan fingerprint density at radius 3 is 2.72 bits per heavy atom. The zero-order valence-electron chi connectivity index (χ0n) is 10.9. The molecule has 2 heterocycles. The number of nitrogens with zero attached hydrogens (tertiary/aromatic N) is 2. The van der Waals surface area contributed by atoms with E-state index >= 15 is 0 Å². The molecule has 0 bridgehead atoms. The fourth-order valence-corrected chi connectivity index (χ4v) is 2.77. The van der Waals surface area contributed by atoms with Gasteiger partial charge in [0.1, 0.15) is 11.5 Å². The monoisotopic (exact) mass is 266 g/mol. The number of aliphatic hydroxyl groups excluding tert-OH is 1. The van der Waals surface area contributed by atoms with E-state index in [-0.39, 0.29) is 6.61 Å². The topological polar surface area (TPSA) is 49.5 Å². The van der Waals surface area contributed by atoms with Crippen molar-refractivity contribution in [2.24, 2.45) is 0 Å². The van der Waals surface area contributed by atoms with E-state index in [1.165, 1.54) is 0 Å². The molecule has 0 spiro atoms. The van der Waals surface area contributed by atoms with Gasteiger partial charge in [0.25, 0.3) is 0 Å². The van der Waals surface area contributed by atoms with E-state index in [4.69, 9.17) is 4.42 Å². The number of rotatable bonds is 5. The molecular weight excluding hydrogens is 248 g/mol. The second kappa shape index (κ2) is 5.54. The maximum absolute atomic E-state index is 9.27. The van der Waals surface area contributed by atoms with Crippen LogP contribution in [0.3, 0.4) is 0 Å². The molecule has 0 unspecified atom stereocenters. The molecule has 0 aliphatic carbocycles. The Kier molecular flexibility index (Phi) is 4.04. The quantitative estimate of drug-likeness (QED) is 0.904. The van der Waals surface area contributed by atoms with Crippen molar-refractivity contribution in [2.75, 3.05) is 11.9 Å². The second-order valence-corrected chi connectivity index (χ2v) is 5.31. The third-order valence-electron chi connectivity index (χ3n) is 2.76. The van der Waals surface area contributed by atoms with Crippen LogP contribution in [-0.4, -0.2) is 17.1 Å². The van der Waals surface area contributed by atoms with Gasteiger partial charge in [-0.2, -0.15) is 0 Å². The van der Waals surface area contributed by atoms with Crippen molar-refractivity contribution in [1.29, 1.82) is 0 Å². The van der Waals surface area contributed by atoms with Gasteiger partial charge in [-0.1, -0.05) is 18.3 Å². The number of furan rings is 1. The highest BCUT2D eigenvalue weighted by molar-refractivity contribution is 7.15. The van der Waals surface area contributed by atoms with E-state index < -0.39 is 0 Å². The van der Waals surface area contributed by atoms with Crippen molar-refractivity contribution in [3.63, 3.8) is 0 Å². The summed E-state index contributed by atoms with van der Waals surface area (Å²) in [7, 11) is 1.98. The lowest BCUT2D eigenvalue weighted by Crippen LogP contribution is -2.15. The standard InChI is InChI=1S/C13H18N2O2S/c1-4-11-12(8-16)18-13(14-11)15(3)7-10-6-5-9(2)17-10/h5-6,16H,4,7-8H2,1-3H3. The van der Waals surface area contributed by atoms with Crippen molar-refractivity contribution in [3.8, 4) is 0 Å². The van der Waals surface area contributed by atoms with E-state index in [1.54, 1.807) is 11.3 Å². The number of thiazole rings is 1. The number of aliphatic hydroxyl groups is 1. The first-order valence-electron chi connectivity index (χ1n) is 6.00. The van der Waals surface area contributed by atoms with Gasteiger partial charge in [-0.15, -0.1) is 0 Å². The predicted molar refractivity (Wildman–Crippen MR) is 73.0 cm³/mol. The normalized spacial score (nSPS) is 10.9. The van der Waals surface area contributed by atoms with E-state index in [2.05, 4.69) is 4.98 Å². The van der Waals surface area contributed by atoms with E-state index in [9.17, 15) is 5.11 Å². The van der Waals surface area contributed by atoms with Gasteiger partial charge >= 0.3 is 0 Å². The van der Waals surface area contributed by atoms with Crippen LogP contribution < -0.4 is 4.90 Å². The molecule has 0 aromatic carbocycles. The van der Waals surface area contributed by atoms with E-state index in [1.807, 2.05) is 37.9 Å². The average Bonchev–Trinajstić information content (AvgIpc) is 2.95. The summed E-state index contributed by atoms with van der Waals surface area (Å²) >= 11 is 1.54. The number of hydrogen-bond donors (Lipinski definition) is 1. The highest BCUT2D eigenvalue weighted by atomic mass is 32.1. The van der Waals surface area contributed by atoms with Crippen molar-refractivity contribution in [2.45, 2.75) is 33.4 Å². The molecule has 0 saturated heterocycles. The molecule has 2 aromatic heterocycles. The molecule has 0 atom stereocenters. The van der Waals surface area contributed by atoms with E-state index in [0.717, 1.165) is 33.6 Å². The Hall–Kier alpha value is -1.33. The minimum absolute atomic E-state index is 0.0640. The first-order valence-corrected chi connectivity index (χ1v) is 6.81. The van der Waals surface area contributed by atoms with Crippen LogP contribution in [-0.2, 0) is 19.6 Å². The summed E-state index contributed by atoms with van der Waals surface area (Å²) in [5.74, 6) is 1.84. The lowest BCUT2D eigenvalue weighted by Gasteiger charge is -2.13. The van der Waals surface area contributed by atoms with Crippen LogP contribution in [0.4, 0.5) is 5.13 Å². The summed E-state index contributed by atoms with van der Waals surface area (Å²) in [6.07, 6.45) is 0.847. The fourth-order valence-electron chi connectivity index (χ4n) is 1.80. The zero-order valence-corrected chi connectivity index (χ0v) is 11.8. The molecule has 4 nitrogen and oxygen atoms in total. The smallest absolute Gasteiger partial charge is 0.186 e. The molecule has 18 heavy (non-hydrogen) atoms. The van der Waals surface area contributed by atoms with Gasteiger partial charge in [0.05, 0.1) is 23.7 Å². The van der Waals surface area contributed by atoms with Crippen molar-refractivity contribution < 1.29 is 9.52 Å². The highest BCUT2D eigenvalue weighted by Crippen LogP contribution is 2.27. The van der Waals surface area contributed by atoms with Gasteiger partial charge in [0.15, 0.2) is 5.13 Å². The molecule has 1 N–H and O–H groups in total. The average molecular weight is 266 g/mol. The lowest BCUT2D eigenvalue weighted by molar-refractivity contribution is 0.284. The molecule has 0 amide bonds. The number of aromatic nitrogens is 1.